The molecule has 0 bridgehead atoms. The average molecular weight is 267 g/mol. The molecule has 0 aliphatic carbocycles. The van der Waals surface area contributed by atoms with Crippen LogP contribution in [0.5, 0.6) is 0 Å². The number of benzene rings is 2. The summed E-state index contributed by atoms with van der Waals surface area (Å²) in [6.45, 7) is 2.16. The van der Waals surface area contributed by atoms with Crippen molar-refractivity contribution in [1.29, 1.82) is 0 Å². The fourth-order valence-electron chi connectivity index (χ4n) is 2.62. The zero-order chi connectivity index (χ0) is 13.2. The number of hydrogen-bond acceptors (Lipinski definition) is 2. The molecule has 3 rings (SSSR count). The van der Waals surface area contributed by atoms with E-state index in [9.17, 15) is 0 Å². The Morgan fingerprint density at radius 3 is 2.58 bits per heavy atom. The van der Waals surface area contributed by atoms with E-state index in [4.69, 9.17) is 0 Å². The summed E-state index contributed by atoms with van der Waals surface area (Å²) < 4.78 is 0. The van der Waals surface area contributed by atoms with Crippen molar-refractivity contribution in [3.63, 3.8) is 0 Å². The molecule has 0 saturated carbocycles. The number of thiophene rings is 1. The van der Waals surface area contributed by atoms with E-state index in [1.54, 1.807) is 0 Å². The fraction of sp³-hybridized carbons (Fsp3) is 0.176. The molecule has 1 unspecified atom stereocenters. The van der Waals surface area contributed by atoms with Gasteiger partial charge in [0.15, 0.2) is 0 Å². The molecule has 1 N–H and O–H groups in total. The molecular weight excluding hydrogens is 250 g/mol. The molecule has 19 heavy (non-hydrogen) atoms. The minimum atomic E-state index is 0.260. The zero-order valence-corrected chi connectivity index (χ0v) is 12.0. The molecule has 0 aliphatic rings. The molecule has 3 aromatic rings. The summed E-state index contributed by atoms with van der Waals surface area (Å²) in [6, 6.07) is 17.6. The van der Waals surface area contributed by atoms with Crippen LogP contribution in [0.4, 0.5) is 0 Å². The molecule has 0 amide bonds. The fourth-order valence-corrected chi connectivity index (χ4v) is 3.35. The van der Waals surface area contributed by atoms with Crippen LogP contribution in [-0.4, -0.2) is 7.05 Å². The van der Waals surface area contributed by atoms with Crippen molar-refractivity contribution >= 4 is 22.1 Å². The third kappa shape index (κ3) is 2.29. The summed E-state index contributed by atoms with van der Waals surface area (Å²) in [7, 11) is 2.03. The summed E-state index contributed by atoms with van der Waals surface area (Å²) in [5, 5.41) is 8.32. The standard InChI is InChI=1S/C17H17NS/c1-12-10-14(11-19-12)17(18-2)16-9-5-7-13-6-3-4-8-15(13)16/h3-11,17-18H,1-2H3. The predicted molar refractivity (Wildman–Crippen MR) is 83.9 cm³/mol. The van der Waals surface area contributed by atoms with E-state index < -0.39 is 0 Å². The third-order valence-electron chi connectivity index (χ3n) is 3.51. The maximum atomic E-state index is 3.45. The van der Waals surface area contributed by atoms with Gasteiger partial charge < -0.3 is 5.32 Å². The Labute approximate surface area is 117 Å². The van der Waals surface area contributed by atoms with Gasteiger partial charge in [0.1, 0.15) is 0 Å². The maximum absolute atomic E-state index is 3.45. The molecule has 1 aromatic heterocycles. The van der Waals surface area contributed by atoms with Gasteiger partial charge in [-0.15, -0.1) is 11.3 Å². The van der Waals surface area contributed by atoms with Crippen LogP contribution >= 0.6 is 11.3 Å². The van der Waals surface area contributed by atoms with Crippen LogP contribution in [0.3, 0.4) is 0 Å². The van der Waals surface area contributed by atoms with E-state index in [-0.39, 0.29) is 6.04 Å². The first-order chi connectivity index (χ1) is 9.29. The molecule has 0 fully saturated rings. The molecule has 96 valence electrons. The first-order valence-electron chi connectivity index (χ1n) is 6.49. The highest BCUT2D eigenvalue weighted by Crippen LogP contribution is 2.30. The molecule has 2 heteroatoms. The van der Waals surface area contributed by atoms with E-state index in [2.05, 4.69) is 66.2 Å². The van der Waals surface area contributed by atoms with Gasteiger partial charge in [-0.05, 0) is 47.3 Å². The van der Waals surface area contributed by atoms with Crippen molar-refractivity contribution < 1.29 is 0 Å². The largest absolute Gasteiger partial charge is 0.309 e. The lowest BCUT2D eigenvalue weighted by Crippen LogP contribution is -2.17. The SMILES string of the molecule is CNC(c1csc(C)c1)c1cccc2ccccc12. The Morgan fingerprint density at radius 1 is 1.05 bits per heavy atom. The molecule has 2 aromatic carbocycles. The van der Waals surface area contributed by atoms with Gasteiger partial charge in [0.2, 0.25) is 0 Å². The van der Waals surface area contributed by atoms with E-state index in [1.807, 2.05) is 18.4 Å². The second kappa shape index (κ2) is 5.16. The van der Waals surface area contributed by atoms with Crippen LogP contribution in [-0.2, 0) is 0 Å². The highest BCUT2D eigenvalue weighted by molar-refractivity contribution is 7.10. The molecule has 1 nitrogen and oxygen atoms in total. The van der Waals surface area contributed by atoms with Crippen LogP contribution in [0.1, 0.15) is 22.0 Å². The van der Waals surface area contributed by atoms with Crippen molar-refractivity contribution in [2.45, 2.75) is 13.0 Å². The van der Waals surface area contributed by atoms with Crippen LogP contribution in [0.25, 0.3) is 10.8 Å². The van der Waals surface area contributed by atoms with Crippen LogP contribution in [0, 0.1) is 6.92 Å². The van der Waals surface area contributed by atoms with Gasteiger partial charge in [0.05, 0.1) is 6.04 Å². The number of fused-ring (bicyclic) bond motifs is 1. The summed E-state index contributed by atoms with van der Waals surface area (Å²) in [5.41, 5.74) is 2.69. The zero-order valence-electron chi connectivity index (χ0n) is 11.2. The molecule has 1 heterocycles. The smallest absolute Gasteiger partial charge is 0.0588 e. The molecule has 0 radical (unpaired) electrons. The van der Waals surface area contributed by atoms with E-state index in [0.29, 0.717) is 0 Å². The molecule has 1 atom stereocenters. The van der Waals surface area contributed by atoms with Crippen molar-refractivity contribution in [3.8, 4) is 0 Å². The van der Waals surface area contributed by atoms with Gasteiger partial charge >= 0.3 is 0 Å². The van der Waals surface area contributed by atoms with E-state index in [0.717, 1.165) is 0 Å². The Balaban J connectivity index is 2.16. The maximum Gasteiger partial charge on any atom is 0.0588 e. The summed E-state index contributed by atoms with van der Waals surface area (Å²) in [4.78, 5) is 1.36. The van der Waals surface area contributed by atoms with Crippen molar-refractivity contribution in [2.75, 3.05) is 7.05 Å². The Morgan fingerprint density at radius 2 is 1.84 bits per heavy atom. The lowest BCUT2D eigenvalue weighted by atomic mass is 9.95. The first kappa shape index (κ1) is 12.4. The topological polar surface area (TPSA) is 12.0 Å². The average Bonchev–Trinajstić information content (AvgIpc) is 2.86. The van der Waals surface area contributed by atoms with Crippen molar-refractivity contribution in [1.82, 2.24) is 5.32 Å². The van der Waals surface area contributed by atoms with Crippen LogP contribution in [0.2, 0.25) is 0 Å². The lowest BCUT2D eigenvalue weighted by molar-refractivity contribution is 0.699. The van der Waals surface area contributed by atoms with Crippen LogP contribution in [0.15, 0.2) is 53.9 Å². The quantitative estimate of drug-likeness (QED) is 0.735. The molecule has 0 spiro atoms. The second-order valence-corrected chi connectivity index (χ2v) is 5.90. The normalized spacial score (nSPS) is 12.7. The van der Waals surface area contributed by atoms with Gasteiger partial charge in [-0.1, -0.05) is 42.5 Å². The lowest BCUT2D eigenvalue weighted by Gasteiger charge is -2.18. The van der Waals surface area contributed by atoms with Crippen molar-refractivity contribution in [3.05, 3.63) is 69.9 Å². The van der Waals surface area contributed by atoms with Crippen LogP contribution < -0.4 is 5.32 Å². The number of rotatable bonds is 3. The second-order valence-electron chi connectivity index (χ2n) is 4.78. The minimum Gasteiger partial charge on any atom is -0.309 e. The summed E-state index contributed by atoms with van der Waals surface area (Å²) in [5.74, 6) is 0. The Kier molecular flexibility index (Phi) is 3.36. The van der Waals surface area contributed by atoms with Gasteiger partial charge in [-0.2, -0.15) is 0 Å². The minimum absolute atomic E-state index is 0.260. The highest BCUT2D eigenvalue weighted by atomic mass is 32.1. The number of hydrogen-bond donors (Lipinski definition) is 1. The Hall–Kier alpha value is -1.64. The van der Waals surface area contributed by atoms with Gasteiger partial charge in [-0.3, -0.25) is 0 Å². The van der Waals surface area contributed by atoms with E-state index in [1.165, 1.54) is 26.8 Å². The number of nitrogens with one attached hydrogen (secondary N) is 1. The predicted octanol–water partition coefficient (Wildman–Crippen LogP) is 4.52. The Bertz CT molecular complexity index is 694. The first-order valence-corrected chi connectivity index (χ1v) is 7.37. The molecule has 0 saturated heterocycles. The summed E-state index contributed by atoms with van der Waals surface area (Å²) >= 11 is 1.81. The monoisotopic (exact) mass is 267 g/mol. The highest BCUT2D eigenvalue weighted by Gasteiger charge is 2.15. The number of aryl methyl sites for hydroxylation is 1. The van der Waals surface area contributed by atoms with Crippen molar-refractivity contribution in [2.24, 2.45) is 0 Å². The van der Waals surface area contributed by atoms with Gasteiger partial charge in [0, 0.05) is 4.88 Å². The molecular formula is C17H17NS. The third-order valence-corrected chi connectivity index (χ3v) is 4.39. The van der Waals surface area contributed by atoms with Gasteiger partial charge in [0.25, 0.3) is 0 Å². The van der Waals surface area contributed by atoms with Gasteiger partial charge in [-0.25, -0.2) is 0 Å². The van der Waals surface area contributed by atoms with E-state index >= 15 is 0 Å². The molecule has 0 aliphatic heterocycles. The summed E-state index contributed by atoms with van der Waals surface area (Å²) in [6.07, 6.45) is 0.